The SMILES string of the molecule is COC(=O)c1ccc(OC(C)c2nccn2C)cc1. The Morgan fingerprint density at radius 1 is 1.32 bits per heavy atom. The molecule has 0 amide bonds. The van der Waals surface area contributed by atoms with E-state index in [-0.39, 0.29) is 12.1 Å². The van der Waals surface area contributed by atoms with Gasteiger partial charge in [0.05, 0.1) is 12.7 Å². The normalized spacial score (nSPS) is 11.9. The molecule has 1 aromatic heterocycles. The Morgan fingerprint density at radius 3 is 2.53 bits per heavy atom. The third-order valence-corrected chi connectivity index (χ3v) is 2.81. The van der Waals surface area contributed by atoms with Crippen LogP contribution in [0.15, 0.2) is 36.7 Å². The number of methoxy groups -OCH3 is 1. The molecule has 0 spiro atoms. The molecule has 1 unspecified atom stereocenters. The first-order valence-electron chi connectivity index (χ1n) is 5.94. The van der Waals surface area contributed by atoms with Crippen molar-refractivity contribution in [1.82, 2.24) is 9.55 Å². The molecule has 5 heteroatoms. The first-order valence-corrected chi connectivity index (χ1v) is 5.94. The smallest absolute Gasteiger partial charge is 0.337 e. The number of carbonyl (C=O) groups excluding carboxylic acids is 1. The zero-order chi connectivity index (χ0) is 13.8. The van der Waals surface area contributed by atoms with Gasteiger partial charge >= 0.3 is 5.97 Å². The van der Waals surface area contributed by atoms with Gasteiger partial charge in [0.2, 0.25) is 0 Å². The minimum atomic E-state index is -0.358. The Morgan fingerprint density at radius 2 is 2.00 bits per heavy atom. The molecule has 1 atom stereocenters. The average molecular weight is 260 g/mol. The molecule has 0 saturated heterocycles. The van der Waals surface area contributed by atoms with Crippen LogP contribution >= 0.6 is 0 Å². The summed E-state index contributed by atoms with van der Waals surface area (Å²) in [4.78, 5) is 15.5. The van der Waals surface area contributed by atoms with Crippen LogP contribution in [0, 0.1) is 0 Å². The molecule has 5 nitrogen and oxygen atoms in total. The van der Waals surface area contributed by atoms with Crippen molar-refractivity contribution in [3.8, 4) is 5.75 Å². The molecule has 0 aliphatic rings. The molecule has 0 N–H and O–H groups in total. The van der Waals surface area contributed by atoms with E-state index in [4.69, 9.17) is 4.74 Å². The maximum atomic E-state index is 11.3. The predicted octanol–water partition coefficient (Wildman–Crippen LogP) is 2.35. The molecule has 0 saturated carbocycles. The summed E-state index contributed by atoms with van der Waals surface area (Å²) in [5.74, 6) is 1.17. The van der Waals surface area contributed by atoms with E-state index in [1.165, 1.54) is 7.11 Å². The fourth-order valence-electron chi connectivity index (χ4n) is 1.81. The van der Waals surface area contributed by atoms with Crippen LogP contribution in [0.25, 0.3) is 0 Å². The number of ether oxygens (including phenoxy) is 2. The highest BCUT2D eigenvalue weighted by Gasteiger charge is 2.12. The maximum Gasteiger partial charge on any atom is 0.337 e. The standard InChI is InChI=1S/C14H16N2O3/c1-10(13-15-8-9-16(13)2)19-12-6-4-11(5-7-12)14(17)18-3/h4-10H,1-3H3. The van der Waals surface area contributed by atoms with E-state index in [0.717, 1.165) is 5.82 Å². The van der Waals surface area contributed by atoms with Crippen LogP contribution in [-0.4, -0.2) is 22.6 Å². The molecule has 19 heavy (non-hydrogen) atoms. The number of benzene rings is 1. The fourth-order valence-corrected chi connectivity index (χ4v) is 1.81. The van der Waals surface area contributed by atoms with Crippen molar-refractivity contribution in [1.29, 1.82) is 0 Å². The molecule has 100 valence electrons. The van der Waals surface area contributed by atoms with Crippen LogP contribution in [0.3, 0.4) is 0 Å². The van der Waals surface area contributed by atoms with Crippen molar-refractivity contribution < 1.29 is 14.3 Å². The van der Waals surface area contributed by atoms with Crippen molar-refractivity contribution >= 4 is 5.97 Å². The van der Waals surface area contributed by atoms with Gasteiger partial charge in [-0.15, -0.1) is 0 Å². The summed E-state index contributed by atoms with van der Waals surface area (Å²) in [5, 5.41) is 0. The minimum Gasteiger partial charge on any atom is -0.483 e. The van der Waals surface area contributed by atoms with Crippen molar-refractivity contribution in [2.75, 3.05) is 7.11 Å². The van der Waals surface area contributed by atoms with Gasteiger partial charge in [-0.2, -0.15) is 0 Å². The van der Waals surface area contributed by atoms with Crippen LogP contribution in [0.5, 0.6) is 5.75 Å². The minimum absolute atomic E-state index is 0.163. The molecule has 0 fully saturated rings. The van der Waals surface area contributed by atoms with Crippen LogP contribution in [0.2, 0.25) is 0 Å². The fraction of sp³-hybridized carbons (Fsp3) is 0.286. The summed E-state index contributed by atoms with van der Waals surface area (Å²) in [6.07, 6.45) is 3.44. The Hall–Kier alpha value is -2.30. The van der Waals surface area contributed by atoms with Crippen LogP contribution in [0.4, 0.5) is 0 Å². The highest BCUT2D eigenvalue weighted by Crippen LogP contribution is 2.20. The number of rotatable bonds is 4. The molecular formula is C14H16N2O3. The molecule has 2 aromatic rings. The van der Waals surface area contributed by atoms with E-state index in [9.17, 15) is 4.79 Å². The third-order valence-electron chi connectivity index (χ3n) is 2.81. The molecule has 0 aliphatic carbocycles. The van der Waals surface area contributed by atoms with Crippen LogP contribution < -0.4 is 4.74 Å². The van der Waals surface area contributed by atoms with Crippen molar-refractivity contribution in [2.24, 2.45) is 7.05 Å². The summed E-state index contributed by atoms with van der Waals surface area (Å²) < 4.78 is 12.3. The zero-order valence-corrected chi connectivity index (χ0v) is 11.2. The van der Waals surface area contributed by atoms with Crippen LogP contribution in [-0.2, 0) is 11.8 Å². The van der Waals surface area contributed by atoms with E-state index in [1.54, 1.807) is 30.5 Å². The Labute approximate surface area is 111 Å². The van der Waals surface area contributed by atoms with Gasteiger partial charge in [-0.25, -0.2) is 9.78 Å². The molecule has 1 heterocycles. The van der Waals surface area contributed by atoms with Gasteiger partial charge < -0.3 is 14.0 Å². The number of carbonyl (C=O) groups is 1. The molecule has 2 rings (SSSR count). The molecule has 0 bridgehead atoms. The van der Waals surface area contributed by atoms with E-state index in [0.29, 0.717) is 11.3 Å². The Kier molecular flexibility index (Phi) is 3.85. The zero-order valence-electron chi connectivity index (χ0n) is 11.2. The maximum absolute atomic E-state index is 11.3. The lowest BCUT2D eigenvalue weighted by molar-refractivity contribution is 0.0600. The second-order valence-electron chi connectivity index (χ2n) is 4.17. The highest BCUT2D eigenvalue weighted by atomic mass is 16.5. The topological polar surface area (TPSA) is 53.4 Å². The van der Waals surface area contributed by atoms with Gasteiger partial charge in [-0.3, -0.25) is 0 Å². The quantitative estimate of drug-likeness (QED) is 0.792. The molecule has 1 aromatic carbocycles. The van der Waals surface area contributed by atoms with Gasteiger partial charge in [0.25, 0.3) is 0 Å². The van der Waals surface area contributed by atoms with Gasteiger partial charge in [0.1, 0.15) is 11.6 Å². The Bertz CT molecular complexity index is 560. The number of hydrogen-bond donors (Lipinski definition) is 0. The molecular weight excluding hydrogens is 244 g/mol. The summed E-state index contributed by atoms with van der Waals surface area (Å²) in [7, 11) is 3.28. The number of aryl methyl sites for hydroxylation is 1. The number of imidazole rings is 1. The lowest BCUT2D eigenvalue weighted by Crippen LogP contribution is -2.09. The number of esters is 1. The van der Waals surface area contributed by atoms with Gasteiger partial charge in [-0.05, 0) is 31.2 Å². The van der Waals surface area contributed by atoms with Crippen molar-refractivity contribution in [3.05, 3.63) is 48.0 Å². The molecule has 0 aliphatic heterocycles. The number of aromatic nitrogens is 2. The summed E-state index contributed by atoms with van der Waals surface area (Å²) in [5.41, 5.74) is 0.500. The van der Waals surface area contributed by atoms with E-state index >= 15 is 0 Å². The second-order valence-corrected chi connectivity index (χ2v) is 4.17. The summed E-state index contributed by atoms with van der Waals surface area (Å²) in [6.45, 7) is 1.93. The summed E-state index contributed by atoms with van der Waals surface area (Å²) >= 11 is 0. The lowest BCUT2D eigenvalue weighted by atomic mass is 10.2. The molecule has 0 radical (unpaired) electrons. The highest BCUT2D eigenvalue weighted by molar-refractivity contribution is 5.89. The van der Waals surface area contributed by atoms with Crippen molar-refractivity contribution in [3.63, 3.8) is 0 Å². The summed E-state index contributed by atoms with van der Waals surface area (Å²) in [6, 6.07) is 6.83. The number of nitrogens with zero attached hydrogens (tertiary/aromatic N) is 2. The largest absolute Gasteiger partial charge is 0.483 e. The second kappa shape index (κ2) is 5.56. The third kappa shape index (κ3) is 2.93. The van der Waals surface area contributed by atoms with Crippen molar-refractivity contribution in [2.45, 2.75) is 13.0 Å². The van der Waals surface area contributed by atoms with Gasteiger partial charge in [0, 0.05) is 19.4 Å². The van der Waals surface area contributed by atoms with Gasteiger partial charge in [0.15, 0.2) is 6.10 Å². The van der Waals surface area contributed by atoms with E-state index in [2.05, 4.69) is 9.72 Å². The van der Waals surface area contributed by atoms with Crippen LogP contribution in [0.1, 0.15) is 29.2 Å². The van der Waals surface area contributed by atoms with E-state index in [1.807, 2.05) is 24.7 Å². The first-order chi connectivity index (χ1) is 9.11. The predicted molar refractivity (Wildman–Crippen MR) is 70.0 cm³/mol. The lowest BCUT2D eigenvalue weighted by Gasteiger charge is -2.14. The Balaban J connectivity index is 2.08. The van der Waals surface area contributed by atoms with Gasteiger partial charge in [-0.1, -0.05) is 0 Å². The monoisotopic (exact) mass is 260 g/mol. The first kappa shape index (κ1) is 13.1. The van der Waals surface area contributed by atoms with E-state index < -0.39 is 0 Å². The average Bonchev–Trinajstić information content (AvgIpc) is 2.85. The number of hydrogen-bond acceptors (Lipinski definition) is 4.